The van der Waals surface area contributed by atoms with Gasteiger partial charge in [0.15, 0.2) is 0 Å². The molecule has 1 fully saturated rings. The standard InChI is InChI=1S/C18H28N2O2/c1-13-4-5-15(3)17(10-13)22-9-7-18(21)20-8-6-14(2)16(11-19)12-20/h4-5,10,14,16H,6-9,11-12,19H2,1-3H3. The van der Waals surface area contributed by atoms with Gasteiger partial charge in [-0.25, -0.2) is 0 Å². The fourth-order valence-electron chi connectivity index (χ4n) is 2.95. The Balaban J connectivity index is 1.81. The predicted molar refractivity (Wildman–Crippen MR) is 88.9 cm³/mol. The lowest BCUT2D eigenvalue weighted by Gasteiger charge is -2.36. The highest BCUT2D eigenvalue weighted by Crippen LogP contribution is 2.23. The number of hydrogen-bond acceptors (Lipinski definition) is 3. The molecule has 2 atom stereocenters. The number of nitrogens with two attached hydrogens (primary N) is 1. The van der Waals surface area contributed by atoms with E-state index in [1.807, 2.05) is 30.9 Å². The van der Waals surface area contributed by atoms with Crippen LogP contribution in [0.3, 0.4) is 0 Å². The van der Waals surface area contributed by atoms with Gasteiger partial charge in [0.05, 0.1) is 13.0 Å². The predicted octanol–water partition coefficient (Wildman–Crippen LogP) is 2.52. The van der Waals surface area contributed by atoms with Gasteiger partial charge in [-0.15, -0.1) is 0 Å². The quantitative estimate of drug-likeness (QED) is 0.909. The van der Waals surface area contributed by atoms with Crippen molar-refractivity contribution in [3.63, 3.8) is 0 Å². The fourth-order valence-corrected chi connectivity index (χ4v) is 2.95. The molecule has 0 aliphatic carbocycles. The van der Waals surface area contributed by atoms with Gasteiger partial charge in [0, 0.05) is 13.1 Å². The highest BCUT2D eigenvalue weighted by Gasteiger charge is 2.27. The first kappa shape index (κ1) is 16.8. The zero-order chi connectivity index (χ0) is 16.1. The molecule has 0 radical (unpaired) electrons. The van der Waals surface area contributed by atoms with Crippen molar-refractivity contribution in [1.29, 1.82) is 0 Å². The summed E-state index contributed by atoms with van der Waals surface area (Å²) < 4.78 is 5.78. The van der Waals surface area contributed by atoms with Crippen LogP contribution in [0.2, 0.25) is 0 Å². The number of carbonyl (C=O) groups is 1. The zero-order valence-electron chi connectivity index (χ0n) is 14.0. The van der Waals surface area contributed by atoms with Crippen LogP contribution in [0.4, 0.5) is 0 Å². The van der Waals surface area contributed by atoms with Crippen LogP contribution in [0.1, 0.15) is 30.9 Å². The molecule has 0 spiro atoms. The fraction of sp³-hybridized carbons (Fsp3) is 0.611. The second kappa shape index (κ2) is 7.63. The molecule has 1 amide bonds. The van der Waals surface area contributed by atoms with Gasteiger partial charge < -0.3 is 15.4 Å². The zero-order valence-corrected chi connectivity index (χ0v) is 14.0. The van der Waals surface area contributed by atoms with E-state index in [0.29, 0.717) is 31.4 Å². The maximum Gasteiger partial charge on any atom is 0.226 e. The van der Waals surface area contributed by atoms with E-state index in [2.05, 4.69) is 13.0 Å². The number of aryl methyl sites for hydroxylation is 2. The third kappa shape index (κ3) is 4.23. The number of benzene rings is 1. The first-order valence-corrected chi connectivity index (χ1v) is 8.19. The van der Waals surface area contributed by atoms with Crippen molar-refractivity contribution < 1.29 is 9.53 Å². The van der Waals surface area contributed by atoms with Crippen molar-refractivity contribution in [2.75, 3.05) is 26.2 Å². The van der Waals surface area contributed by atoms with E-state index in [1.54, 1.807) is 0 Å². The SMILES string of the molecule is Cc1ccc(C)c(OCCC(=O)N2CCC(C)C(CN)C2)c1. The van der Waals surface area contributed by atoms with Gasteiger partial charge in [-0.3, -0.25) is 4.79 Å². The number of carbonyl (C=O) groups excluding carboxylic acids is 1. The van der Waals surface area contributed by atoms with Crippen molar-refractivity contribution in [2.45, 2.75) is 33.6 Å². The van der Waals surface area contributed by atoms with E-state index in [-0.39, 0.29) is 5.91 Å². The van der Waals surface area contributed by atoms with E-state index in [4.69, 9.17) is 10.5 Å². The Morgan fingerprint density at radius 2 is 2.18 bits per heavy atom. The van der Waals surface area contributed by atoms with E-state index in [1.165, 1.54) is 5.56 Å². The molecule has 0 bridgehead atoms. The Kier molecular flexibility index (Phi) is 5.83. The minimum atomic E-state index is 0.177. The third-order valence-corrected chi connectivity index (χ3v) is 4.69. The highest BCUT2D eigenvalue weighted by molar-refractivity contribution is 5.76. The number of likely N-dealkylation sites (tertiary alicyclic amines) is 1. The van der Waals surface area contributed by atoms with Crippen LogP contribution in [0.5, 0.6) is 5.75 Å². The summed E-state index contributed by atoms with van der Waals surface area (Å²) in [5, 5.41) is 0. The molecule has 4 heteroatoms. The Hall–Kier alpha value is -1.55. The minimum absolute atomic E-state index is 0.177. The van der Waals surface area contributed by atoms with Crippen molar-refractivity contribution in [2.24, 2.45) is 17.6 Å². The Morgan fingerprint density at radius 1 is 1.41 bits per heavy atom. The lowest BCUT2D eigenvalue weighted by molar-refractivity contribution is -0.134. The minimum Gasteiger partial charge on any atom is -0.493 e. The van der Waals surface area contributed by atoms with E-state index in [9.17, 15) is 4.79 Å². The monoisotopic (exact) mass is 304 g/mol. The summed E-state index contributed by atoms with van der Waals surface area (Å²) in [6.45, 7) is 9.02. The lowest BCUT2D eigenvalue weighted by atomic mass is 9.87. The maximum atomic E-state index is 12.3. The molecule has 0 aromatic heterocycles. The first-order chi connectivity index (χ1) is 10.5. The molecular formula is C18H28N2O2. The number of piperidine rings is 1. The molecule has 2 unspecified atom stereocenters. The van der Waals surface area contributed by atoms with Crippen molar-refractivity contribution in [3.8, 4) is 5.75 Å². The Labute approximate surface area is 133 Å². The van der Waals surface area contributed by atoms with Crippen LogP contribution >= 0.6 is 0 Å². The summed E-state index contributed by atoms with van der Waals surface area (Å²) in [4.78, 5) is 14.3. The molecule has 1 aliphatic rings. The first-order valence-electron chi connectivity index (χ1n) is 8.19. The Morgan fingerprint density at radius 3 is 2.91 bits per heavy atom. The van der Waals surface area contributed by atoms with Crippen molar-refractivity contribution >= 4 is 5.91 Å². The summed E-state index contributed by atoms with van der Waals surface area (Å²) in [6, 6.07) is 6.13. The van der Waals surface area contributed by atoms with Crippen molar-refractivity contribution in [1.82, 2.24) is 4.90 Å². The van der Waals surface area contributed by atoms with E-state index >= 15 is 0 Å². The highest BCUT2D eigenvalue weighted by atomic mass is 16.5. The maximum absolute atomic E-state index is 12.3. The van der Waals surface area contributed by atoms with Crippen LogP contribution in [-0.2, 0) is 4.79 Å². The molecule has 1 aromatic carbocycles. The van der Waals surface area contributed by atoms with Gasteiger partial charge >= 0.3 is 0 Å². The Bertz CT molecular complexity index is 516. The van der Waals surface area contributed by atoms with Gasteiger partial charge in [0.2, 0.25) is 5.91 Å². The van der Waals surface area contributed by atoms with Gasteiger partial charge in [0.25, 0.3) is 0 Å². The largest absolute Gasteiger partial charge is 0.493 e. The van der Waals surface area contributed by atoms with Crippen molar-refractivity contribution in [3.05, 3.63) is 29.3 Å². The van der Waals surface area contributed by atoms with E-state index in [0.717, 1.165) is 30.8 Å². The molecule has 1 aliphatic heterocycles. The summed E-state index contributed by atoms with van der Waals surface area (Å²) in [5.41, 5.74) is 8.07. The van der Waals surface area contributed by atoms with Crippen LogP contribution < -0.4 is 10.5 Å². The molecule has 2 N–H and O–H groups in total. The average molecular weight is 304 g/mol. The normalized spacial score (nSPS) is 21.7. The topological polar surface area (TPSA) is 55.6 Å². The number of ether oxygens (including phenoxy) is 1. The number of hydrogen-bond donors (Lipinski definition) is 1. The molecular weight excluding hydrogens is 276 g/mol. The number of amides is 1. The molecule has 0 saturated carbocycles. The number of rotatable bonds is 5. The average Bonchev–Trinajstić information content (AvgIpc) is 2.51. The second-order valence-electron chi connectivity index (χ2n) is 6.47. The molecule has 22 heavy (non-hydrogen) atoms. The molecule has 1 aromatic rings. The van der Waals surface area contributed by atoms with Crippen LogP contribution in [0, 0.1) is 25.7 Å². The second-order valence-corrected chi connectivity index (χ2v) is 6.47. The molecule has 122 valence electrons. The summed E-state index contributed by atoms with van der Waals surface area (Å²) in [7, 11) is 0. The third-order valence-electron chi connectivity index (χ3n) is 4.69. The summed E-state index contributed by atoms with van der Waals surface area (Å²) in [6.07, 6.45) is 1.48. The summed E-state index contributed by atoms with van der Waals surface area (Å²) >= 11 is 0. The number of nitrogens with zero attached hydrogens (tertiary/aromatic N) is 1. The lowest BCUT2D eigenvalue weighted by Crippen LogP contribution is -2.45. The van der Waals surface area contributed by atoms with Crippen LogP contribution in [0.15, 0.2) is 18.2 Å². The van der Waals surface area contributed by atoms with Gasteiger partial charge in [0.1, 0.15) is 5.75 Å². The molecule has 1 heterocycles. The molecule has 1 saturated heterocycles. The van der Waals surface area contributed by atoms with Gasteiger partial charge in [-0.1, -0.05) is 19.1 Å². The molecule has 4 nitrogen and oxygen atoms in total. The van der Waals surface area contributed by atoms with E-state index < -0.39 is 0 Å². The smallest absolute Gasteiger partial charge is 0.226 e. The van der Waals surface area contributed by atoms with Crippen LogP contribution in [-0.4, -0.2) is 37.0 Å². The van der Waals surface area contributed by atoms with Gasteiger partial charge in [-0.2, -0.15) is 0 Å². The van der Waals surface area contributed by atoms with Gasteiger partial charge in [-0.05, 0) is 55.8 Å². The molecule has 2 rings (SSSR count). The van der Waals surface area contributed by atoms with Crippen LogP contribution in [0.25, 0.3) is 0 Å². The summed E-state index contributed by atoms with van der Waals surface area (Å²) in [5.74, 6) is 2.09.